The molecule has 0 aromatic carbocycles. The lowest BCUT2D eigenvalue weighted by molar-refractivity contribution is -0.150. The number of carboxylic acid groups (broad SMARTS) is 1. The van der Waals surface area contributed by atoms with Crippen molar-refractivity contribution in [2.45, 2.75) is 45.6 Å². The van der Waals surface area contributed by atoms with Gasteiger partial charge in [-0.25, -0.2) is 0 Å². The van der Waals surface area contributed by atoms with Crippen molar-refractivity contribution in [3.63, 3.8) is 0 Å². The summed E-state index contributed by atoms with van der Waals surface area (Å²) < 4.78 is 5.69. The predicted molar refractivity (Wildman–Crippen MR) is 67.3 cm³/mol. The van der Waals surface area contributed by atoms with Crippen LogP contribution < -0.4 is 0 Å². The number of likely N-dealkylation sites (tertiary alicyclic amines) is 1. The predicted octanol–water partition coefficient (Wildman–Crippen LogP) is 1.51. The molecule has 1 rings (SSSR count). The summed E-state index contributed by atoms with van der Waals surface area (Å²) in [6, 6.07) is 0. The van der Waals surface area contributed by atoms with Crippen LogP contribution in [0.25, 0.3) is 0 Å². The van der Waals surface area contributed by atoms with Gasteiger partial charge in [-0.3, -0.25) is 9.59 Å². The first kappa shape index (κ1) is 15.0. The highest BCUT2D eigenvalue weighted by Gasteiger charge is 2.28. The number of carboxylic acids is 1. The maximum absolute atomic E-state index is 11.9. The van der Waals surface area contributed by atoms with Crippen molar-refractivity contribution in [1.82, 2.24) is 4.90 Å². The van der Waals surface area contributed by atoms with Crippen molar-refractivity contribution in [1.29, 1.82) is 0 Å². The topological polar surface area (TPSA) is 66.8 Å². The van der Waals surface area contributed by atoms with Crippen LogP contribution in [-0.2, 0) is 14.3 Å². The lowest BCUT2D eigenvalue weighted by atomic mass is 10.1. The fourth-order valence-electron chi connectivity index (χ4n) is 2.12. The van der Waals surface area contributed by atoms with E-state index in [4.69, 9.17) is 9.84 Å². The molecule has 1 N–H and O–H groups in total. The van der Waals surface area contributed by atoms with Crippen molar-refractivity contribution < 1.29 is 19.4 Å². The fraction of sp³-hybridized carbons (Fsp3) is 0.846. The molecule has 0 aromatic heterocycles. The third kappa shape index (κ3) is 4.29. The summed E-state index contributed by atoms with van der Waals surface area (Å²) in [6.07, 6.45) is 3.84. The molecule has 0 aliphatic carbocycles. The third-order valence-electron chi connectivity index (χ3n) is 3.29. The SMILES string of the molecule is CCCOC1CCCN(C(=O)C(C)C(=O)O)CC1. The molecule has 18 heavy (non-hydrogen) atoms. The average molecular weight is 257 g/mol. The molecule has 0 spiro atoms. The third-order valence-corrected chi connectivity index (χ3v) is 3.29. The number of rotatable bonds is 5. The summed E-state index contributed by atoms with van der Waals surface area (Å²) in [5.74, 6) is -2.28. The van der Waals surface area contributed by atoms with E-state index in [9.17, 15) is 9.59 Å². The molecule has 1 heterocycles. The first-order valence-electron chi connectivity index (χ1n) is 6.69. The smallest absolute Gasteiger partial charge is 0.315 e. The Morgan fingerprint density at radius 3 is 2.72 bits per heavy atom. The molecule has 2 unspecified atom stereocenters. The Morgan fingerprint density at radius 1 is 1.39 bits per heavy atom. The van der Waals surface area contributed by atoms with Crippen LogP contribution in [0, 0.1) is 5.92 Å². The van der Waals surface area contributed by atoms with E-state index in [0.29, 0.717) is 13.1 Å². The molecule has 5 heteroatoms. The van der Waals surface area contributed by atoms with E-state index < -0.39 is 11.9 Å². The van der Waals surface area contributed by atoms with Gasteiger partial charge in [-0.05, 0) is 32.6 Å². The van der Waals surface area contributed by atoms with Gasteiger partial charge >= 0.3 is 5.97 Å². The molecule has 1 fully saturated rings. The van der Waals surface area contributed by atoms with E-state index in [2.05, 4.69) is 6.92 Å². The summed E-state index contributed by atoms with van der Waals surface area (Å²) in [4.78, 5) is 24.4. The second-order valence-electron chi connectivity index (χ2n) is 4.81. The van der Waals surface area contributed by atoms with Crippen molar-refractivity contribution in [2.24, 2.45) is 5.92 Å². The van der Waals surface area contributed by atoms with Crippen LogP contribution in [0.1, 0.15) is 39.5 Å². The highest BCUT2D eigenvalue weighted by Crippen LogP contribution is 2.16. The van der Waals surface area contributed by atoms with E-state index in [1.165, 1.54) is 6.92 Å². The molecule has 2 atom stereocenters. The number of aliphatic carboxylic acids is 1. The fourth-order valence-corrected chi connectivity index (χ4v) is 2.12. The van der Waals surface area contributed by atoms with E-state index in [0.717, 1.165) is 32.3 Å². The molecule has 5 nitrogen and oxygen atoms in total. The van der Waals surface area contributed by atoms with Gasteiger partial charge in [0.15, 0.2) is 0 Å². The van der Waals surface area contributed by atoms with E-state index in [1.54, 1.807) is 4.90 Å². The quantitative estimate of drug-likeness (QED) is 0.758. The minimum absolute atomic E-state index is 0.211. The molecule has 1 aliphatic heterocycles. The number of amides is 1. The summed E-state index contributed by atoms with van der Waals surface area (Å²) in [6.45, 7) is 5.51. The molecular weight excluding hydrogens is 234 g/mol. The van der Waals surface area contributed by atoms with E-state index in [-0.39, 0.29) is 12.0 Å². The maximum Gasteiger partial charge on any atom is 0.315 e. The number of nitrogens with zero attached hydrogens (tertiary/aromatic N) is 1. The van der Waals surface area contributed by atoms with Gasteiger partial charge < -0.3 is 14.7 Å². The molecular formula is C13H23NO4. The Hall–Kier alpha value is -1.10. The van der Waals surface area contributed by atoms with Crippen LogP contribution in [0.5, 0.6) is 0 Å². The number of carbonyl (C=O) groups is 2. The molecule has 0 aromatic rings. The number of carbonyl (C=O) groups excluding carboxylic acids is 1. The molecule has 0 radical (unpaired) electrons. The Bertz CT molecular complexity index is 293. The van der Waals surface area contributed by atoms with Crippen LogP contribution >= 0.6 is 0 Å². The number of hydrogen-bond donors (Lipinski definition) is 1. The summed E-state index contributed by atoms with van der Waals surface area (Å²) in [7, 11) is 0. The minimum Gasteiger partial charge on any atom is -0.481 e. The average Bonchev–Trinajstić information content (AvgIpc) is 2.59. The van der Waals surface area contributed by atoms with Crippen molar-refractivity contribution >= 4 is 11.9 Å². The number of ether oxygens (including phenoxy) is 1. The van der Waals surface area contributed by atoms with Crippen LogP contribution in [0.4, 0.5) is 0 Å². The summed E-state index contributed by atoms with van der Waals surface area (Å²) in [5, 5.41) is 8.85. The van der Waals surface area contributed by atoms with Gasteiger partial charge in [-0.2, -0.15) is 0 Å². The van der Waals surface area contributed by atoms with Crippen LogP contribution in [0.3, 0.4) is 0 Å². The highest BCUT2D eigenvalue weighted by atomic mass is 16.5. The first-order valence-corrected chi connectivity index (χ1v) is 6.69. The Morgan fingerprint density at radius 2 is 2.11 bits per heavy atom. The van der Waals surface area contributed by atoms with Gasteiger partial charge in [0, 0.05) is 19.7 Å². The van der Waals surface area contributed by atoms with E-state index in [1.807, 2.05) is 0 Å². The van der Waals surface area contributed by atoms with Gasteiger partial charge in [0.25, 0.3) is 0 Å². The van der Waals surface area contributed by atoms with Gasteiger partial charge in [0.2, 0.25) is 5.91 Å². The monoisotopic (exact) mass is 257 g/mol. The van der Waals surface area contributed by atoms with Gasteiger partial charge in [-0.15, -0.1) is 0 Å². The molecule has 104 valence electrons. The second kappa shape index (κ2) is 7.36. The van der Waals surface area contributed by atoms with Crippen LogP contribution in [0.2, 0.25) is 0 Å². The summed E-state index contributed by atoms with van der Waals surface area (Å²) >= 11 is 0. The Labute approximate surface area is 108 Å². The van der Waals surface area contributed by atoms with Gasteiger partial charge in [0.1, 0.15) is 5.92 Å². The van der Waals surface area contributed by atoms with Crippen LogP contribution in [0.15, 0.2) is 0 Å². The Kier molecular flexibility index (Phi) is 6.12. The maximum atomic E-state index is 11.9. The molecule has 1 saturated heterocycles. The lowest BCUT2D eigenvalue weighted by Crippen LogP contribution is -2.39. The zero-order chi connectivity index (χ0) is 13.5. The second-order valence-corrected chi connectivity index (χ2v) is 4.81. The molecule has 1 amide bonds. The largest absolute Gasteiger partial charge is 0.481 e. The van der Waals surface area contributed by atoms with Crippen molar-refractivity contribution in [3.8, 4) is 0 Å². The van der Waals surface area contributed by atoms with Gasteiger partial charge in [-0.1, -0.05) is 6.92 Å². The zero-order valence-electron chi connectivity index (χ0n) is 11.2. The first-order chi connectivity index (χ1) is 8.56. The lowest BCUT2D eigenvalue weighted by Gasteiger charge is -2.22. The number of hydrogen-bond acceptors (Lipinski definition) is 3. The highest BCUT2D eigenvalue weighted by molar-refractivity contribution is 5.96. The van der Waals surface area contributed by atoms with Crippen LogP contribution in [-0.4, -0.2) is 47.7 Å². The minimum atomic E-state index is -1.05. The van der Waals surface area contributed by atoms with Crippen molar-refractivity contribution in [3.05, 3.63) is 0 Å². The molecule has 0 saturated carbocycles. The standard InChI is InChI=1S/C13H23NO4/c1-3-9-18-11-5-4-7-14(8-6-11)12(15)10(2)13(16)17/h10-11H,3-9H2,1-2H3,(H,16,17). The molecule has 1 aliphatic rings. The summed E-state index contributed by atoms with van der Waals surface area (Å²) in [5.41, 5.74) is 0. The van der Waals surface area contributed by atoms with E-state index >= 15 is 0 Å². The normalized spacial score (nSPS) is 22.3. The van der Waals surface area contributed by atoms with Crippen molar-refractivity contribution in [2.75, 3.05) is 19.7 Å². The van der Waals surface area contributed by atoms with Gasteiger partial charge in [0.05, 0.1) is 6.10 Å². The zero-order valence-corrected chi connectivity index (χ0v) is 11.2. The molecule has 0 bridgehead atoms. The Balaban J connectivity index is 2.46.